The third-order valence-corrected chi connectivity index (χ3v) is 1.72. The highest BCUT2D eigenvalue weighted by Crippen LogP contribution is 2.03. The average molecular weight is 145 g/mol. The zero-order chi connectivity index (χ0) is 7.68. The molecule has 0 aliphatic rings. The van der Waals surface area contributed by atoms with Gasteiger partial charge in [0, 0.05) is 12.4 Å². The van der Waals surface area contributed by atoms with E-state index in [2.05, 4.69) is 11.9 Å². The van der Waals surface area contributed by atoms with Crippen molar-refractivity contribution >= 4 is 5.52 Å². The van der Waals surface area contributed by atoms with E-state index in [1.54, 1.807) is 0 Å². The molecule has 2 rings (SSSR count). The topological polar surface area (TPSA) is 17.3 Å². The molecule has 2 aromatic rings. The number of hydrogen-bond acceptors (Lipinski definition) is 1. The number of hydrogen-bond donors (Lipinski definition) is 0. The molecule has 1 radical (unpaired) electrons. The van der Waals surface area contributed by atoms with Crippen molar-refractivity contribution in [2.75, 3.05) is 0 Å². The second-order valence-electron chi connectivity index (χ2n) is 2.47. The molecule has 0 amide bonds. The van der Waals surface area contributed by atoms with Gasteiger partial charge in [-0.1, -0.05) is 0 Å². The van der Waals surface area contributed by atoms with Gasteiger partial charge in [-0.05, 0) is 25.5 Å². The van der Waals surface area contributed by atoms with Gasteiger partial charge in [-0.3, -0.25) is 4.98 Å². The van der Waals surface area contributed by atoms with Gasteiger partial charge in [-0.25, -0.2) is 0 Å². The Labute approximate surface area is 65.5 Å². The van der Waals surface area contributed by atoms with E-state index in [1.165, 1.54) is 0 Å². The molecule has 2 nitrogen and oxygen atoms in total. The summed E-state index contributed by atoms with van der Waals surface area (Å²) in [5.74, 6) is 0. The largest absolute Gasteiger partial charge is 0.321 e. The van der Waals surface area contributed by atoms with Crippen LogP contribution in [-0.2, 0) is 6.42 Å². The van der Waals surface area contributed by atoms with Crippen molar-refractivity contribution < 1.29 is 0 Å². The standard InChI is InChI=1S/C9H9N2/c1-2-8-7-11-5-3-4-9(11)6-10-8/h3-7H,1-2H2. The highest BCUT2D eigenvalue weighted by atomic mass is 14.9. The van der Waals surface area contributed by atoms with E-state index in [-0.39, 0.29) is 0 Å². The van der Waals surface area contributed by atoms with Crippen molar-refractivity contribution in [2.24, 2.45) is 0 Å². The maximum Gasteiger partial charge on any atom is 0.0634 e. The minimum Gasteiger partial charge on any atom is -0.321 e. The van der Waals surface area contributed by atoms with Gasteiger partial charge < -0.3 is 4.40 Å². The van der Waals surface area contributed by atoms with Crippen LogP contribution in [0.2, 0.25) is 0 Å². The van der Waals surface area contributed by atoms with E-state index in [4.69, 9.17) is 0 Å². The van der Waals surface area contributed by atoms with Crippen molar-refractivity contribution in [3.05, 3.63) is 43.3 Å². The smallest absolute Gasteiger partial charge is 0.0634 e. The van der Waals surface area contributed by atoms with Crippen LogP contribution in [0.25, 0.3) is 5.52 Å². The molecule has 0 aromatic carbocycles. The first-order valence-electron chi connectivity index (χ1n) is 3.61. The van der Waals surface area contributed by atoms with Gasteiger partial charge in [0.25, 0.3) is 0 Å². The Balaban J connectivity index is 2.67. The van der Waals surface area contributed by atoms with Gasteiger partial charge in [-0.15, -0.1) is 0 Å². The fourth-order valence-corrected chi connectivity index (χ4v) is 1.11. The molecule has 0 N–H and O–H groups in total. The van der Waals surface area contributed by atoms with Crippen molar-refractivity contribution in [1.82, 2.24) is 9.38 Å². The first-order valence-corrected chi connectivity index (χ1v) is 3.61. The Bertz CT molecular complexity index is 362. The van der Waals surface area contributed by atoms with Crippen LogP contribution in [0.5, 0.6) is 0 Å². The molecule has 0 atom stereocenters. The van der Waals surface area contributed by atoms with E-state index in [9.17, 15) is 0 Å². The molecule has 0 fully saturated rings. The van der Waals surface area contributed by atoms with Crippen LogP contribution in [0.3, 0.4) is 0 Å². The normalized spacial score (nSPS) is 10.6. The predicted octanol–water partition coefficient (Wildman–Crippen LogP) is 1.71. The zero-order valence-corrected chi connectivity index (χ0v) is 6.20. The Morgan fingerprint density at radius 2 is 2.45 bits per heavy atom. The predicted molar refractivity (Wildman–Crippen MR) is 44.3 cm³/mol. The molecular formula is C9H9N2. The fourth-order valence-electron chi connectivity index (χ4n) is 1.11. The van der Waals surface area contributed by atoms with Crippen molar-refractivity contribution in [3.63, 3.8) is 0 Å². The van der Waals surface area contributed by atoms with Crippen LogP contribution < -0.4 is 0 Å². The minimum atomic E-state index is 0.744. The molecule has 0 unspecified atom stereocenters. The van der Waals surface area contributed by atoms with Crippen LogP contribution in [0.1, 0.15) is 5.69 Å². The summed E-state index contributed by atoms with van der Waals surface area (Å²) in [6.07, 6.45) is 6.62. The minimum absolute atomic E-state index is 0.744. The van der Waals surface area contributed by atoms with Crippen molar-refractivity contribution in [1.29, 1.82) is 0 Å². The maximum absolute atomic E-state index is 4.21. The van der Waals surface area contributed by atoms with E-state index in [0.29, 0.717) is 0 Å². The second-order valence-corrected chi connectivity index (χ2v) is 2.47. The van der Waals surface area contributed by atoms with Gasteiger partial charge >= 0.3 is 0 Å². The summed E-state index contributed by atoms with van der Waals surface area (Å²) in [6.45, 7) is 3.77. The second kappa shape index (κ2) is 2.38. The summed E-state index contributed by atoms with van der Waals surface area (Å²) in [5, 5.41) is 0. The molecular weight excluding hydrogens is 136 g/mol. The summed E-state index contributed by atoms with van der Waals surface area (Å²) in [5.41, 5.74) is 2.15. The summed E-state index contributed by atoms with van der Waals surface area (Å²) in [6, 6.07) is 4.03. The van der Waals surface area contributed by atoms with Gasteiger partial charge in [0.1, 0.15) is 0 Å². The first kappa shape index (κ1) is 6.40. The van der Waals surface area contributed by atoms with E-state index >= 15 is 0 Å². The maximum atomic E-state index is 4.21. The summed E-state index contributed by atoms with van der Waals surface area (Å²) < 4.78 is 2.05. The summed E-state index contributed by atoms with van der Waals surface area (Å²) in [4.78, 5) is 4.21. The molecule has 2 aromatic heterocycles. The average Bonchev–Trinajstić information content (AvgIpc) is 2.50. The number of rotatable bonds is 1. The van der Waals surface area contributed by atoms with Crippen LogP contribution in [0.4, 0.5) is 0 Å². The molecule has 0 saturated carbocycles. The Kier molecular flexibility index (Phi) is 1.39. The Morgan fingerprint density at radius 1 is 1.55 bits per heavy atom. The lowest BCUT2D eigenvalue weighted by molar-refractivity contribution is 1.03. The molecule has 0 saturated heterocycles. The van der Waals surface area contributed by atoms with E-state index in [1.807, 2.05) is 35.1 Å². The van der Waals surface area contributed by atoms with Crippen LogP contribution in [0, 0.1) is 6.92 Å². The number of nitrogens with zero attached hydrogens (tertiary/aromatic N) is 2. The molecule has 0 spiro atoms. The van der Waals surface area contributed by atoms with Crippen molar-refractivity contribution in [2.45, 2.75) is 6.42 Å². The highest BCUT2D eigenvalue weighted by Gasteiger charge is 1.93. The third-order valence-electron chi connectivity index (χ3n) is 1.72. The van der Waals surface area contributed by atoms with Gasteiger partial charge in [0.2, 0.25) is 0 Å². The van der Waals surface area contributed by atoms with Gasteiger partial charge in [0.05, 0.1) is 17.4 Å². The van der Waals surface area contributed by atoms with Crippen LogP contribution in [0.15, 0.2) is 30.7 Å². The third kappa shape index (κ3) is 1.00. The molecule has 2 heterocycles. The number of fused-ring (bicyclic) bond motifs is 1. The lowest BCUT2D eigenvalue weighted by Gasteiger charge is -1.96. The zero-order valence-electron chi connectivity index (χ0n) is 6.20. The van der Waals surface area contributed by atoms with E-state index < -0.39 is 0 Å². The number of aromatic nitrogens is 2. The fraction of sp³-hybridized carbons (Fsp3) is 0.111. The molecule has 0 aliphatic heterocycles. The monoisotopic (exact) mass is 145 g/mol. The van der Waals surface area contributed by atoms with Crippen LogP contribution >= 0.6 is 0 Å². The SMILES string of the molecule is [CH2]Cc1cn2cccc2cn1. The molecule has 0 aliphatic carbocycles. The molecule has 2 heteroatoms. The first-order chi connectivity index (χ1) is 5.40. The lowest BCUT2D eigenvalue weighted by atomic mass is 10.3. The van der Waals surface area contributed by atoms with E-state index in [0.717, 1.165) is 17.6 Å². The quantitative estimate of drug-likeness (QED) is 0.597. The Morgan fingerprint density at radius 3 is 3.27 bits per heavy atom. The van der Waals surface area contributed by atoms with Crippen molar-refractivity contribution in [3.8, 4) is 0 Å². The Hall–Kier alpha value is -1.31. The summed E-state index contributed by atoms with van der Waals surface area (Å²) in [7, 11) is 0. The molecule has 55 valence electrons. The van der Waals surface area contributed by atoms with Gasteiger partial charge in [-0.2, -0.15) is 0 Å². The van der Waals surface area contributed by atoms with Gasteiger partial charge in [0.15, 0.2) is 0 Å². The lowest BCUT2D eigenvalue weighted by Crippen LogP contribution is -1.90. The highest BCUT2D eigenvalue weighted by molar-refractivity contribution is 5.45. The molecule has 0 bridgehead atoms. The molecule has 11 heavy (non-hydrogen) atoms. The summed E-state index contributed by atoms with van der Waals surface area (Å²) >= 11 is 0. The van der Waals surface area contributed by atoms with Crippen LogP contribution in [-0.4, -0.2) is 9.38 Å².